The van der Waals surface area contributed by atoms with Gasteiger partial charge in [-0.2, -0.15) is 0 Å². The van der Waals surface area contributed by atoms with Gasteiger partial charge in [-0.15, -0.1) is 0 Å². The van der Waals surface area contributed by atoms with Crippen LogP contribution in [0.3, 0.4) is 0 Å². The molecule has 72 valence electrons. The fourth-order valence-corrected chi connectivity index (χ4v) is 1.56. The number of nitrogens with two attached hydrogens (primary N) is 1. The van der Waals surface area contributed by atoms with Crippen molar-refractivity contribution in [3.05, 3.63) is 34.3 Å². The molecule has 1 rings (SSSR count). The van der Waals surface area contributed by atoms with Gasteiger partial charge in [0.25, 0.3) is 0 Å². The van der Waals surface area contributed by atoms with E-state index in [0.29, 0.717) is 5.92 Å². The first-order valence-corrected chi connectivity index (χ1v) is 4.95. The summed E-state index contributed by atoms with van der Waals surface area (Å²) < 4.78 is 0. The summed E-state index contributed by atoms with van der Waals surface area (Å²) in [7, 11) is 0. The number of benzene rings is 1. The van der Waals surface area contributed by atoms with Crippen molar-refractivity contribution in [3.63, 3.8) is 0 Å². The van der Waals surface area contributed by atoms with Gasteiger partial charge in [-0.3, -0.25) is 0 Å². The number of hydrogen-bond acceptors (Lipinski definition) is 1. The minimum atomic E-state index is 0.00574. The molecule has 0 amide bonds. The molecule has 0 aliphatic heterocycles. The zero-order valence-electron chi connectivity index (χ0n) is 8.34. The summed E-state index contributed by atoms with van der Waals surface area (Å²) >= 11 is 6.02. The molecule has 0 aliphatic rings. The van der Waals surface area contributed by atoms with Crippen LogP contribution in [-0.4, -0.2) is 0 Å². The van der Waals surface area contributed by atoms with Crippen LogP contribution in [0.5, 0.6) is 0 Å². The van der Waals surface area contributed by atoms with Crippen molar-refractivity contribution >= 4 is 11.6 Å². The van der Waals surface area contributed by atoms with Crippen molar-refractivity contribution in [2.24, 2.45) is 5.73 Å². The Labute approximate surface area is 84.9 Å². The van der Waals surface area contributed by atoms with Gasteiger partial charge < -0.3 is 5.73 Å². The lowest BCUT2D eigenvalue weighted by Gasteiger charge is -2.12. The molecule has 1 aromatic carbocycles. The molecule has 0 aromatic heterocycles. The smallest absolute Gasteiger partial charge is 0.0453 e. The summed E-state index contributed by atoms with van der Waals surface area (Å²) in [4.78, 5) is 0. The molecular weight excluding hydrogens is 182 g/mol. The van der Waals surface area contributed by atoms with Crippen molar-refractivity contribution in [1.82, 2.24) is 0 Å². The van der Waals surface area contributed by atoms with Crippen molar-refractivity contribution in [1.29, 1.82) is 0 Å². The van der Waals surface area contributed by atoms with Gasteiger partial charge in [0.2, 0.25) is 0 Å². The standard InChI is InChI=1S/C11H16ClN/c1-7(2)9-4-5-11(12)10(6-9)8(3)13/h4-8H,13H2,1-3H3. The summed E-state index contributed by atoms with van der Waals surface area (Å²) in [5.41, 5.74) is 8.12. The lowest BCUT2D eigenvalue weighted by Crippen LogP contribution is -2.06. The summed E-state index contributed by atoms with van der Waals surface area (Å²) in [6.45, 7) is 6.27. The predicted molar refractivity (Wildman–Crippen MR) is 58.1 cm³/mol. The molecular formula is C11H16ClN. The largest absolute Gasteiger partial charge is 0.324 e. The third-order valence-electron chi connectivity index (χ3n) is 2.18. The van der Waals surface area contributed by atoms with Crippen LogP contribution in [0.4, 0.5) is 0 Å². The van der Waals surface area contributed by atoms with Gasteiger partial charge in [-0.05, 0) is 30.0 Å². The van der Waals surface area contributed by atoms with Crippen LogP contribution in [0.1, 0.15) is 43.9 Å². The van der Waals surface area contributed by atoms with E-state index >= 15 is 0 Å². The summed E-state index contributed by atoms with van der Waals surface area (Å²) in [6, 6.07) is 6.08. The molecule has 1 unspecified atom stereocenters. The number of halogens is 1. The van der Waals surface area contributed by atoms with Crippen molar-refractivity contribution < 1.29 is 0 Å². The van der Waals surface area contributed by atoms with Gasteiger partial charge >= 0.3 is 0 Å². The number of hydrogen-bond donors (Lipinski definition) is 1. The Hall–Kier alpha value is -0.530. The van der Waals surface area contributed by atoms with E-state index in [4.69, 9.17) is 17.3 Å². The Morgan fingerprint density at radius 3 is 2.31 bits per heavy atom. The van der Waals surface area contributed by atoms with Crippen molar-refractivity contribution in [2.45, 2.75) is 32.7 Å². The Balaban J connectivity index is 3.11. The minimum absolute atomic E-state index is 0.00574. The summed E-state index contributed by atoms with van der Waals surface area (Å²) in [5.74, 6) is 0.523. The molecule has 1 aromatic rings. The van der Waals surface area contributed by atoms with E-state index in [2.05, 4.69) is 26.0 Å². The highest BCUT2D eigenvalue weighted by atomic mass is 35.5. The Kier molecular flexibility index (Phi) is 3.34. The fraction of sp³-hybridized carbons (Fsp3) is 0.455. The van der Waals surface area contributed by atoms with Gasteiger partial charge in [0.1, 0.15) is 0 Å². The summed E-state index contributed by atoms with van der Waals surface area (Å²) in [5, 5.41) is 0.763. The van der Waals surface area contributed by atoms with Crippen molar-refractivity contribution in [3.8, 4) is 0 Å². The van der Waals surface area contributed by atoms with E-state index in [1.807, 2.05) is 13.0 Å². The fourth-order valence-electron chi connectivity index (χ4n) is 1.27. The molecule has 0 fully saturated rings. The third-order valence-corrected chi connectivity index (χ3v) is 2.52. The molecule has 2 N–H and O–H groups in total. The second-order valence-electron chi connectivity index (χ2n) is 3.72. The van der Waals surface area contributed by atoms with Crippen LogP contribution < -0.4 is 5.73 Å². The van der Waals surface area contributed by atoms with Crippen LogP contribution in [0.25, 0.3) is 0 Å². The first-order chi connectivity index (χ1) is 6.02. The van der Waals surface area contributed by atoms with Crippen LogP contribution in [0, 0.1) is 0 Å². The predicted octanol–water partition coefficient (Wildman–Crippen LogP) is 3.48. The van der Waals surface area contributed by atoms with Gasteiger partial charge in [0.15, 0.2) is 0 Å². The van der Waals surface area contributed by atoms with E-state index in [-0.39, 0.29) is 6.04 Å². The molecule has 0 saturated heterocycles. The lowest BCUT2D eigenvalue weighted by atomic mass is 9.98. The molecule has 1 nitrogen and oxygen atoms in total. The summed E-state index contributed by atoms with van der Waals surface area (Å²) in [6.07, 6.45) is 0. The Morgan fingerprint density at radius 2 is 1.85 bits per heavy atom. The molecule has 1 atom stereocenters. The second-order valence-corrected chi connectivity index (χ2v) is 4.13. The van der Waals surface area contributed by atoms with E-state index in [1.165, 1.54) is 5.56 Å². The maximum absolute atomic E-state index is 6.02. The van der Waals surface area contributed by atoms with Gasteiger partial charge in [-0.25, -0.2) is 0 Å². The zero-order valence-corrected chi connectivity index (χ0v) is 9.10. The monoisotopic (exact) mass is 197 g/mol. The van der Waals surface area contributed by atoms with Crippen LogP contribution in [0.2, 0.25) is 5.02 Å². The molecule has 0 aliphatic carbocycles. The maximum atomic E-state index is 6.02. The van der Waals surface area contributed by atoms with E-state index in [1.54, 1.807) is 0 Å². The van der Waals surface area contributed by atoms with Gasteiger partial charge in [0, 0.05) is 11.1 Å². The molecule has 0 radical (unpaired) electrons. The zero-order chi connectivity index (χ0) is 10.0. The van der Waals surface area contributed by atoms with E-state index < -0.39 is 0 Å². The number of rotatable bonds is 2. The topological polar surface area (TPSA) is 26.0 Å². The molecule has 0 heterocycles. The molecule has 0 saturated carbocycles. The minimum Gasteiger partial charge on any atom is -0.324 e. The van der Waals surface area contributed by atoms with Gasteiger partial charge in [0.05, 0.1) is 0 Å². The average molecular weight is 198 g/mol. The van der Waals surface area contributed by atoms with Crippen LogP contribution in [0.15, 0.2) is 18.2 Å². The Bertz CT molecular complexity index is 292. The molecule has 13 heavy (non-hydrogen) atoms. The maximum Gasteiger partial charge on any atom is 0.0453 e. The average Bonchev–Trinajstić information content (AvgIpc) is 2.04. The highest BCUT2D eigenvalue weighted by Gasteiger charge is 2.07. The van der Waals surface area contributed by atoms with Crippen LogP contribution in [-0.2, 0) is 0 Å². The van der Waals surface area contributed by atoms with Gasteiger partial charge in [-0.1, -0.05) is 37.6 Å². The third kappa shape index (κ3) is 2.45. The SMILES string of the molecule is CC(C)c1ccc(Cl)c(C(C)N)c1. The van der Waals surface area contributed by atoms with Crippen LogP contribution >= 0.6 is 11.6 Å². The molecule has 0 bridgehead atoms. The molecule has 0 spiro atoms. The highest BCUT2D eigenvalue weighted by molar-refractivity contribution is 6.31. The normalized spacial score (nSPS) is 13.4. The first kappa shape index (κ1) is 10.6. The lowest BCUT2D eigenvalue weighted by molar-refractivity contribution is 0.804. The van der Waals surface area contributed by atoms with Crippen molar-refractivity contribution in [2.75, 3.05) is 0 Å². The molecule has 2 heteroatoms. The highest BCUT2D eigenvalue weighted by Crippen LogP contribution is 2.25. The van der Waals surface area contributed by atoms with E-state index in [9.17, 15) is 0 Å². The first-order valence-electron chi connectivity index (χ1n) is 4.57. The quantitative estimate of drug-likeness (QED) is 0.772. The van der Waals surface area contributed by atoms with E-state index in [0.717, 1.165) is 10.6 Å². The second kappa shape index (κ2) is 4.12. The Morgan fingerprint density at radius 1 is 1.23 bits per heavy atom.